The van der Waals surface area contributed by atoms with Gasteiger partial charge in [-0.3, -0.25) is 14.4 Å². The first kappa shape index (κ1) is 18.2. The topological polar surface area (TPSA) is 75.3 Å². The van der Waals surface area contributed by atoms with Crippen LogP contribution in [-0.4, -0.2) is 23.6 Å². The lowest BCUT2D eigenvalue weighted by Gasteiger charge is -2.17. The SMILES string of the molecule is CC(=O)c1ccc(NC(=O)CC(C)NC(=O)C2CCCC2)cc1C. The van der Waals surface area contributed by atoms with Crippen molar-refractivity contribution in [3.05, 3.63) is 29.3 Å². The van der Waals surface area contributed by atoms with Crippen molar-refractivity contribution >= 4 is 23.3 Å². The molecule has 1 aromatic carbocycles. The van der Waals surface area contributed by atoms with E-state index in [-0.39, 0.29) is 36.0 Å². The highest BCUT2D eigenvalue weighted by Gasteiger charge is 2.24. The maximum Gasteiger partial charge on any atom is 0.226 e. The van der Waals surface area contributed by atoms with E-state index in [1.54, 1.807) is 18.2 Å². The fourth-order valence-corrected chi connectivity index (χ4v) is 3.23. The highest BCUT2D eigenvalue weighted by Crippen LogP contribution is 2.24. The molecule has 0 aliphatic heterocycles. The zero-order valence-corrected chi connectivity index (χ0v) is 14.6. The van der Waals surface area contributed by atoms with E-state index in [1.807, 2.05) is 13.8 Å². The number of anilines is 1. The van der Waals surface area contributed by atoms with Crippen LogP contribution in [0.1, 0.15) is 61.9 Å². The van der Waals surface area contributed by atoms with Crippen molar-refractivity contribution in [3.63, 3.8) is 0 Å². The highest BCUT2D eigenvalue weighted by atomic mass is 16.2. The highest BCUT2D eigenvalue weighted by molar-refractivity contribution is 5.97. The molecule has 1 saturated carbocycles. The summed E-state index contributed by atoms with van der Waals surface area (Å²) in [6.07, 6.45) is 4.36. The van der Waals surface area contributed by atoms with Gasteiger partial charge in [-0.1, -0.05) is 12.8 Å². The van der Waals surface area contributed by atoms with E-state index in [0.29, 0.717) is 11.3 Å². The van der Waals surface area contributed by atoms with Crippen LogP contribution in [0.4, 0.5) is 5.69 Å². The third-order valence-electron chi connectivity index (χ3n) is 4.50. The lowest BCUT2D eigenvalue weighted by atomic mass is 10.0. The number of hydrogen-bond acceptors (Lipinski definition) is 3. The van der Waals surface area contributed by atoms with Crippen LogP contribution < -0.4 is 10.6 Å². The van der Waals surface area contributed by atoms with Crippen LogP contribution in [0.2, 0.25) is 0 Å². The van der Waals surface area contributed by atoms with Crippen molar-refractivity contribution in [2.75, 3.05) is 5.32 Å². The number of Topliss-reactive ketones (excluding diaryl/α,β-unsaturated/α-hetero) is 1. The molecule has 5 nitrogen and oxygen atoms in total. The predicted molar refractivity (Wildman–Crippen MR) is 94.0 cm³/mol. The molecule has 1 aromatic rings. The molecule has 2 amide bonds. The van der Waals surface area contributed by atoms with Crippen LogP contribution in [0.5, 0.6) is 0 Å². The van der Waals surface area contributed by atoms with E-state index < -0.39 is 0 Å². The van der Waals surface area contributed by atoms with Crippen LogP contribution >= 0.6 is 0 Å². The Morgan fingerprint density at radius 3 is 2.46 bits per heavy atom. The number of carbonyl (C=O) groups is 3. The monoisotopic (exact) mass is 330 g/mol. The Kier molecular flexibility index (Phi) is 6.12. The standard InChI is InChI=1S/C19H26N2O3/c1-12-10-16(8-9-17(12)14(3)22)21-18(23)11-13(2)20-19(24)15-6-4-5-7-15/h8-10,13,15H,4-7,11H2,1-3H3,(H,20,24)(H,21,23). The van der Waals surface area contributed by atoms with Gasteiger partial charge in [0.15, 0.2) is 5.78 Å². The molecule has 0 aromatic heterocycles. The number of amides is 2. The number of carbonyl (C=O) groups excluding carboxylic acids is 3. The first-order chi connectivity index (χ1) is 11.4. The minimum Gasteiger partial charge on any atom is -0.353 e. The second-order valence-electron chi connectivity index (χ2n) is 6.73. The van der Waals surface area contributed by atoms with Crippen molar-refractivity contribution in [2.45, 2.75) is 58.9 Å². The van der Waals surface area contributed by atoms with Gasteiger partial charge in [0.2, 0.25) is 11.8 Å². The molecular formula is C19H26N2O3. The summed E-state index contributed by atoms with van der Waals surface area (Å²) in [5, 5.41) is 5.75. The summed E-state index contributed by atoms with van der Waals surface area (Å²) < 4.78 is 0. The van der Waals surface area contributed by atoms with Crippen molar-refractivity contribution in [3.8, 4) is 0 Å². The molecule has 5 heteroatoms. The minimum absolute atomic E-state index is 0.00799. The van der Waals surface area contributed by atoms with Gasteiger partial charge in [-0.15, -0.1) is 0 Å². The van der Waals surface area contributed by atoms with Crippen LogP contribution in [0, 0.1) is 12.8 Å². The van der Waals surface area contributed by atoms with Crippen molar-refractivity contribution in [2.24, 2.45) is 5.92 Å². The van der Waals surface area contributed by atoms with Gasteiger partial charge in [-0.25, -0.2) is 0 Å². The Morgan fingerprint density at radius 2 is 1.88 bits per heavy atom. The Bertz CT molecular complexity index is 633. The molecule has 0 spiro atoms. The molecule has 2 N–H and O–H groups in total. The molecule has 1 aliphatic rings. The lowest BCUT2D eigenvalue weighted by Crippen LogP contribution is -2.38. The second-order valence-corrected chi connectivity index (χ2v) is 6.73. The molecule has 1 fully saturated rings. The van der Waals surface area contributed by atoms with Gasteiger partial charge in [0, 0.05) is 29.6 Å². The lowest BCUT2D eigenvalue weighted by molar-refractivity contribution is -0.125. The first-order valence-electron chi connectivity index (χ1n) is 8.58. The molecule has 0 heterocycles. The minimum atomic E-state index is -0.198. The molecule has 2 rings (SSSR count). The normalized spacial score (nSPS) is 15.8. The van der Waals surface area contributed by atoms with E-state index in [2.05, 4.69) is 10.6 Å². The summed E-state index contributed by atoms with van der Waals surface area (Å²) in [7, 11) is 0. The number of aryl methyl sites for hydroxylation is 1. The van der Waals surface area contributed by atoms with Crippen LogP contribution in [0.25, 0.3) is 0 Å². The van der Waals surface area contributed by atoms with E-state index in [4.69, 9.17) is 0 Å². The molecule has 24 heavy (non-hydrogen) atoms. The van der Waals surface area contributed by atoms with E-state index in [0.717, 1.165) is 31.2 Å². The summed E-state index contributed by atoms with van der Waals surface area (Å²) in [5.74, 6) is 0.0320. The fourth-order valence-electron chi connectivity index (χ4n) is 3.23. The maximum absolute atomic E-state index is 12.1. The third kappa shape index (κ3) is 4.91. The molecular weight excluding hydrogens is 304 g/mol. The molecule has 0 radical (unpaired) electrons. The molecule has 1 unspecified atom stereocenters. The Hall–Kier alpha value is -2.17. The average molecular weight is 330 g/mol. The first-order valence-corrected chi connectivity index (χ1v) is 8.58. The Balaban J connectivity index is 1.85. The predicted octanol–water partition coefficient (Wildman–Crippen LogP) is 3.22. The number of rotatable bonds is 6. The average Bonchev–Trinajstić information content (AvgIpc) is 3.00. The summed E-state index contributed by atoms with van der Waals surface area (Å²) >= 11 is 0. The van der Waals surface area contributed by atoms with Gasteiger partial charge in [0.1, 0.15) is 0 Å². The van der Waals surface area contributed by atoms with E-state index in [1.165, 1.54) is 6.92 Å². The van der Waals surface area contributed by atoms with Gasteiger partial charge in [0.05, 0.1) is 0 Å². The van der Waals surface area contributed by atoms with Crippen LogP contribution in [0.15, 0.2) is 18.2 Å². The quantitative estimate of drug-likeness (QED) is 0.786. The molecule has 130 valence electrons. The molecule has 1 aliphatic carbocycles. The van der Waals surface area contributed by atoms with Gasteiger partial charge in [-0.05, 0) is 57.4 Å². The van der Waals surface area contributed by atoms with Crippen molar-refractivity contribution < 1.29 is 14.4 Å². The van der Waals surface area contributed by atoms with E-state index in [9.17, 15) is 14.4 Å². The van der Waals surface area contributed by atoms with Gasteiger partial charge < -0.3 is 10.6 Å². The van der Waals surface area contributed by atoms with Crippen LogP contribution in [-0.2, 0) is 9.59 Å². The van der Waals surface area contributed by atoms with Gasteiger partial charge in [-0.2, -0.15) is 0 Å². The number of nitrogens with one attached hydrogen (secondary N) is 2. The summed E-state index contributed by atoms with van der Waals surface area (Å²) in [6, 6.07) is 5.04. The summed E-state index contributed by atoms with van der Waals surface area (Å²) in [4.78, 5) is 35.6. The number of benzene rings is 1. The smallest absolute Gasteiger partial charge is 0.226 e. The Morgan fingerprint density at radius 1 is 1.21 bits per heavy atom. The number of hydrogen-bond donors (Lipinski definition) is 2. The van der Waals surface area contributed by atoms with E-state index >= 15 is 0 Å². The number of ketones is 1. The third-order valence-corrected chi connectivity index (χ3v) is 4.50. The second kappa shape index (κ2) is 8.08. The van der Waals surface area contributed by atoms with Crippen LogP contribution in [0.3, 0.4) is 0 Å². The summed E-state index contributed by atoms with van der Waals surface area (Å²) in [5.41, 5.74) is 2.16. The summed E-state index contributed by atoms with van der Waals surface area (Å²) in [6.45, 7) is 5.21. The van der Waals surface area contributed by atoms with Crippen molar-refractivity contribution in [1.29, 1.82) is 0 Å². The molecule has 1 atom stereocenters. The van der Waals surface area contributed by atoms with Gasteiger partial charge >= 0.3 is 0 Å². The zero-order valence-electron chi connectivity index (χ0n) is 14.6. The zero-order chi connectivity index (χ0) is 17.7. The molecule has 0 bridgehead atoms. The maximum atomic E-state index is 12.1. The van der Waals surface area contributed by atoms with Gasteiger partial charge in [0.25, 0.3) is 0 Å². The Labute approximate surface area is 143 Å². The van der Waals surface area contributed by atoms with Crippen molar-refractivity contribution in [1.82, 2.24) is 5.32 Å². The fraction of sp³-hybridized carbons (Fsp3) is 0.526. The largest absolute Gasteiger partial charge is 0.353 e. The molecule has 0 saturated heterocycles.